The van der Waals surface area contributed by atoms with Gasteiger partial charge in [0.05, 0.1) is 25.8 Å². The van der Waals surface area contributed by atoms with Crippen LogP contribution in [0, 0.1) is 6.92 Å². The van der Waals surface area contributed by atoms with Gasteiger partial charge in [0.25, 0.3) is 11.7 Å². The molecule has 35 heavy (non-hydrogen) atoms. The monoisotopic (exact) mass is 480 g/mol. The van der Waals surface area contributed by atoms with Crippen LogP contribution in [0.2, 0.25) is 0 Å². The topological polar surface area (TPSA) is 88.5 Å². The molecule has 3 rings (SSSR count). The number of Topliss-reactive ketones (excluding diaryl/α,β-unsaturated/α-hetero) is 1. The zero-order valence-corrected chi connectivity index (χ0v) is 20.8. The lowest BCUT2D eigenvalue weighted by Gasteiger charge is -2.27. The van der Waals surface area contributed by atoms with Gasteiger partial charge in [-0.2, -0.15) is 0 Å². The van der Waals surface area contributed by atoms with Gasteiger partial charge in [-0.15, -0.1) is 0 Å². The Hall–Kier alpha value is -3.78. The van der Waals surface area contributed by atoms with Gasteiger partial charge in [0.15, 0.2) is 11.5 Å². The first-order valence-corrected chi connectivity index (χ1v) is 11.2. The molecule has 1 fully saturated rings. The van der Waals surface area contributed by atoms with Gasteiger partial charge in [0.1, 0.15) is 18.1 Å². The molecule has 0 spiro atoms. The molecule has 1 unspecified atom stereocenters. The second kappa shape index (κ2) is 11.1. The molecule has 0 aliphatic carbocycles. The molecule has 1 atom stereocenters. The number of methoxy groups -OCH3 is 2. The highest BCUT2D eigenvalue weighted by Crippen LogP contribution is 2.42. The maximum absolute atomic E-state index is 13.2. The Morgan fingerprint density at radius 2 is 1.83 bits per heavy atom. The maximum atomic E-state index is 13.2. The van der Waals surface area contributed by atoms with E-state index in [4.69, 9.17) is 14.2 Å². The lowest BCUT2D eigenvalue weighted by molar-refractivity contribution is -0.140. The van der Waals surface area contributed by atoms with Crippen molar-refractivity contribution in [3.05, 3.63) is 71.3 Å². The standard InChI is InChI=1S/C27H32N2O6/c1-7-14-35-19-9-10-20(17(2)15-19)25(30)23-24(18-8-11-21(33-5)22(16-18)34-6)29(13-12-28(3)4)27(32)26(23)31/h7-11,15-16,24,30H,1,12-14H2,2-6H3/b25-23-. The second-order valence-electron chi connectivity index (χ2n) is 8.49. The lowest BCUT2D eigenvalue weighted by Crippen LogP contribution is -2.35. The van der Waals surface area contributed by atoms with E-state index < -0.39 is 17.7 Å². The van der Waals surface area contributed by atoms with E-state index in [1.807, 2.05) is 25.9 Å². The van der Waals surface area contributed by atoms with E-state index in [2.05, 4.69) is 6.58 Å². The van der Waals surface area contributed by atoms with Crippen LogP contribution in [-0.4, -0.2) is 74.6 Å². The van der Waals surface area contributed by atoms with Crippen molar-refractivity contribution in [1.29, 1.82) is 0 Å². The highest BCUT2D eigenvalue weighted by molar-refractivity contribution is 6.46. The number of ketones is 1. The minimum atomic E-state index is -0.786. The average Bonchev–Trinajstić information content (AvgIpc) is 3.10. The first-order chi connectivity index (χ1) is 16.7. The first kappa shape index (κ1) is 25.8. The fourth-order valence-electron chi connectivity index (χ4n) is 4.08. The number of nitrogens with zero attached hydrogens (tertiary/aromatic N) is 2. The number of ether oxygens (including phenoxy) is 3. The molecule has 0 bridgehead atoms. The zero-order valence-electron chi connectivity index (χ0n) is 20.8. The maximum Gasteiger partial charge on any atom is 0.295 e. The van der Waals surface area contributed by atoms with Gasteiger partial charge in [-0.25, -0.2) is 0 Å². The van der Waals surface area contributed by atoms with Crippen molar-refractivity contribution in [2.24, 2.45) is 0 Å². The second-order valence-corrected chi connectivity index (χ2v) is 8.49. The third-order valence-electron chi connectivity index (χ3n) is 5.87. The molecule has 186 valence electrons. The number of amides is 1. The summed E-state index contributed by atoms with van der Waals surface area (Å²) < 4.78 is 16.4. The molecule has 1 saturated heterocycles. The third-order valence-corrected chi connectivity index (χ3v) is 5.87. The van der Waals surface area contributed by atoms with Gasteiger partial charge in [-0.1, -0.05) is 18.7 Å². The molecule has 1 aliphatic heterocycles. The molecule has 0 aromatic heterocycles. The van der Waals surface area contributed by atoms with E-state index in [-0.39, 0.29) is 11.3 Å². The van der Waals surface area contributed by atoms with Crippen LogP contribution in [0.25, 0.3) is 5.76 Å². The summed E-state index contributed by atoms with van der Waals surface area (Å²) in [7, 11) is 6.83. The van der Waals surface area contributed by atoms with Crippen LogP contribution < -0.4 is 14.2 Å². The minimum Gasteiger partial charge on any atom is -0.507 e. The first-order valence-electron chi connectivity index (χ1n) is 11.2. The summed E-state index contributed by atoms with van der Waals surface area (Å²) in [6.45, 7) is 6.65. The number of likely N-dealkylation sites (N-methyl/N-ethyl adjacent to an activating group) is 1. The average molecular weight is 481 g/mol. The number of hydrogen-bond donors (Lipinski definition) is 1. The summed E-state index contributed by atoms with van der Waals surface area (Å²) in [4.78, 5) is 29.8. The van der Waals surface area contributed by atoms with E-state index in [0.29, 0.717) is 53.6 Å². The summed E-state index contributed by atoms with van der Waals surface area (Å²) in [6.07, 6.45) is 1.64. The molecule has 2 aromatic carbocycles. The fourth-order valence-corrected chi connectivity index (χ4v) is 4.08. The van der Waals surface area contributed by atoms with E-state index in [9.17, 15) is 14.7 Å². The highest BCUT2D eigenvalue weighted by atomic mass is 16.5. The van der Waals surface area contributed by atoms with Gasteiger partial charge in [0, 0.05) is 18.7 Å². The largest absolute Gasteiger partial charge is 0.507 e. The predicted octanol–water partition coefficient (Wildman–Crippen LogP) is 3.56. The molecule has 1 N–H and O–H groups in total. The van der Waals surface area contributed by atoms with E-state index in [0.717, 1.165) is 0 Å². The van der Waals surface area contributed by atoms with Gasteiger partial charge in [-0.3, -0.25) is 9.59 Å². The summed E-state index contributed by atoms with van der Waals surface area (Å²) in [5, 5.41) is 11.4. The highest BCUT2D eigenvalue weighted by Gasteiger charge is 2.46. The number of aryl methyl sites for hydroxylation is 1. The van der Waals surface area contributed by atoms with Crippen LogP contribution in [0.4, 0.5) is 0 Å². The minimum absolute atomic E-state index is 0.0313. The number of aliphatic hydroxyl groups is 1. The van der Waals surface area contributed by atoms with Crippen LogP contribution in [0.1, 0.15) is 22.7 Å². The molecule has 1 amide bonds. The molecule has 2 aromatic rings. The number of carbonyl (C=O) groups is 2. The van der Waals surface area contributed by atoms with Crippen LogP contribution in [0.5, 0.6) is 17.2 Å². The third kappa shape index (κ3) is 5.33. The summed E-state index contributed by atoms with van der Waals surface area (Å²) in [5.41, 5.74) is 1.82. The van der Waals surface area contributed by atoms with Crippen molar-refractivity contribution >= 4 is 17.4 Å². The quantitative estimate of drug-likeness (QED) is 0.241. The van der Waals surface area contributed by atoms with Gasteiger partial charge >= 0.3 is 0 Å². The van der Waals surface area contributed by atoms with E-state index in [1.165, 1.54) is 19.1 Å². The Balaban J connectivity index is 2.16. The smallest absolute Gasteiger partial charge is 0.295 e. The predicted molar refractivity (Wildman–Crippen MR) is 134 cm³/mol. The Morgan fingerprint density at radius 3 is 2.43 bits per heavy atom. The Kier molecular flexibility index (Phi) is 8.19. The number of aliphatic hydroxyl groups excluding tert-OH is 1. The van der Waals surface area contributed by atoms with Crippen molar-refractivity contribution < 1.29 is 28.9 Å². The molecule has 8 nitrogen and oxygen atoms in total. The Labute approximate surface area is 206 Å². The van der Waals surface area contributed by atoms with Gasteiger partial charge < -0.3 is 29.1 Å². The number of carbonyl (C=O) groups excluding carboxylic acids is 2. The van der Waals surface area contributed by atoms with Crippen molar-refractivity contribution in [3.63, 3.8) is 0 Å². The summed E-state index contributed by atoms with van der Waals surface area (Å²) >= 11 is 0. The number of benzene rings is 2. The van der Waals surface area contributed by atoms with Crippen molar-refractivity contribution in [2.45, 2.75) is 13.0 Å². The molecule has 0 saturated carbocycles. The molecular formula is C27H32N2O6. The van der Waals surface area contributed by atoms with Crippen molar-refractivity contribution in [3.8, 4) is 17.2 Å². The van der Waals surface area contributed by atoms with Crippen LogP contribution in [-0.2, 0) is 9.59 Å². The SMILES string of the molecule is C=CCOc1ccc(/C(O)=C2/C(=O)C(=O)N(CCN(C)C)C2c2ccc(OC)c(OC)c2)c(C)c1. The van der Waals surface area contributed by atoms with E-state index in [1.54, 1.807) is 42.5 Å². The number of likely N-dealkylation sites (tertiary alicyclic amines) is 1. The Bertz CT molecular complexity index is 1150. The van der Waals surface area contributed by atoms with Crippen LogP contribution in [0.3, 0.4) is 0 Å². The van der Waals surface area contributed by atoms with Crippen LogP contribution in [0.15, 0.2) is 54.6 Å². The molecule has 8 heteroatoms. The van der Waals surface area contributed by atoms with Gasteiger partial charge in [0.2, 0.25) is 0 Å². The van der Waals surface area contributed by atoms with E-state index >= 15 is 0 Å². The Morgan fingerprint density at radius 1 is 1.11 bits per heavy atom. The van der Waals surface area contributed by atoms with Crippen molar-refractivity contribution in [2.75, 3.05) is 48.0 Å². The molecule has 1 aliphatic rings. The summed E-state index contributed by atoms with van der Waals surface area (Å²) in [6, 6.07) is 9.59. The van der Waals surface area contributed by atoms with Gasteiger partial charge in [-0.05, 0) is 62.5 Å². The van der Waals surface area contributed by atoms with Crippen molar-refractivity contribution in [1.82, 2.24) is 9.80 Å². The molecule has 1 heterocycles. The fraction of sp³-hybridized carbons (Fsp3) is 0.333. The normalized spacial score (nSPS) is 17.1. The number of hydrogen-bond acceptors (Lipinski definition) is 7. The molecular weight excluding hydrogens is 448 g/mol. The molecule has 0 radical (unpaired) electrons. The lowest BCUT2D eigenvalue weighted by atomic mass is 9.93. The van der Waals surface area contributed by atoms with Crippen LogP contribution >= 0.6 is 0 Å². The summed E-state index contributed by atoms with van der Waals surface area (Å²) in [5.74, 6) is -0.0233. The number of rotatable bonds is 10. The zero-order chi connectivity index (χ0) is 25.7.